The van der Waals surface area contributed by atoms with Gasteiger partial charge in [-0.05, 0) is 45.2 Å². The van der Waals surface area contributed by atoms with Crippen LogP contribution in [0.25, 0.3) is 0 Å². The summed E-state index contributed by atoms with van der Waals surface area (Å²) in [6, 6.07) is 3.53. The lowest BCUT2D eigenvalue weighted by Gasteiger charge is -2.19. The second-order valence-corrected chi connectivity index (χ2v) is 7.13. The maximum atomic E-state index is 12.4. The van der Waals surface area contributed by atoms with Gasteiger partial charge in [0.15, 0.2) is 5.78 Å². The maximum absolute atomic E-state index is 12.4. The molecular formula is C18H29N3O3. The molecule has 6 nitrogen and oxygen atoms in total. The van der Waals surface area contributed by atoms with Gasteiger partial charge in [-0.3, -0.25) is 4.79 Å². The number of nitrogens with one attached hydrogen (secondary N) is 2. The van der Waals surface area contributed by atoms with Gasteiger partial charge in [-0.1, -0.05) is 13.8 Å². The molecular weight excluding hydrogens is 306 g/mol. The molecule has 0 bridgehead atoms. The first-order valence-electron chi connectivity index (χ1n) is 8.38. The van der Waals surface area contributed by atoms with Crippen LogP contribution < -0.4 is 10.6 Å². The van der Waals surface area contributed by atoms with Crippen LogP contribution in [0.2, 0.25) is 0 Å². The SMILES string of the molecule is CC(C)CNc1ncccc1C(=O)CCCNC(=O)OC(C)(C)C. The maximum Gasteiger partial charge on any atom is 0.407 e. The molecule has 1 rings (SSSR count). The Morgan fingerprint density at radius 2 is 2.00 bits per heavy atom. The van der Waals surface area contributed by atoms with Crippen molar-refractivity contribution in [1.29, 1.82) is 0 Å². The van der Waals surface area contributed by atoms with E-state index in [9.17, 15) is 9.59 Å². The molecule has 0 unspecified atom stereocenters. The van der Waals surface area contributed by atoms with Crippen LogP contribution in [0.3, 0.4) is 0 Å². The quantitative estimate of drug-likeness (QED) is 0.560. The highest BCUT2D eigenvalue weighted by Crippen LogP contribution is 2.15. The second kappa shape index (κ2) is 9.25. The van der Waals surface area contributed by atoms with Gasteiger partial charge in [-0.2, -0.15) is 0 Å². The zero-order valence-corrected chi connectivity index (χ0v) is 15.3. The Morgan fingerprint density at radius 1 is 1.29 bits per heavy atom. The number of aromatic nitrogens is 1. The smallest absolute Gasteiger partial charge is 0.407 e. The van der Waals surface area contributed by atoms with E-state index in [4.69, 9.17) is 4.74 Å². The molecule has 0 atom stereocenters. The molecule has 0 saturated carbocycles. The summed E-state index contributed by atoms with van der Waals surface area (Å²) >= 11 is 0. The molecule has 2 N–H and O–H groups in total. The van der Waals surface area contributed by atoms with Gasteiger partial charge < -0.3 is 15.4 Å². The van der Waals surface area contributed by atoms with Crippen LogP contribution in [0.15, 0.2) is 18.3 Å². The average Bonchev–Trinajstić information content (AvgIpc) is 2.47. The number of pyridine rings is 1. The minimum absolute atomic E-state index is 0.0142. The molecule has 1 amide bonds. The topological polar surface area (TPSA) is 80.3 Å². The van der Waals surface area contributed by atoms with Crippen LogP contribution in [-0.4, -0.2) is 35.6 Å². The first-order valence-corrected chi connectivity index (χ1v) is 8.38. The molecule has 6 heteroatoms. The molecule has 0 radical (unpaired) electrons. The lowest BCUT2D eigenvalue weighted by Crippen LogP contribution is -2.33. The van der Waals surface area contributed by atoms with E-state index in [1.165, 1.54) is 0 Å². The Balaban J connectivity index is 2.44. The van der Waals surface area contributed by atoms with Gasteiger partial charge in [0.2, 0.25) is 0 Å². The van der Waals surface area contributed by atoms with Crippen molar-refractivity contribution < 1.29 is 14.3 Å². The molecule has 1 aromatic rings. The summed E-state index contributed by atoms with van der Waals surface area (Å²) < 4.78 is 5.15. The van der Waals surface area contributed by atoms with Crippen molar-refractivity contribution in [2.24, 2.45) is 5.92 Å². The van der Waals surface area contributed by atoms with E-state index < -0.39 is 11.7 Å². The largest absolute Gasteiger partial charge is 0.444 e. The highest BCUT2D eigenvalue weighted by atomic mass is 16.6. The molecule has 0 aliphatic carbocycles. The van der Waals surface area contributed by atoms with Crippen LogP contribution >= 0.6 is 0 Å². The number of alkyl carbamates (subject to hydrolysis) is 1. The van der Waals surface area contributed by atoms with E-state index in [-0.39, 0.29) is 5.78 Å². The number of hydrogen-bond acceptors (Lipinski definition) is 5. The number of anilines is 1. The van der Waals surface area contributed by atoms with Crippen LogP contribution in [0.1, 0.15) is 57.8 Å². The summed E-state index contributed by atoms with van der Waals surface area (Å²) in [7, 11) is 0. The van der Waals surface area contributed by atoms with Crippen LogP contribution in [-0.2, 0) is 4.74 Å². The number of carbonyl (C=O) groups is 2. The van der Waals surface area contributed by atoms with Crippen molar-refractivity contribution in [3.05, 3.63) is 23.9 Å². The predicted octanol–water partition coefficient (Wildman–Crippen LogP) is 3.64. The van der Waals surface area contributed by atoms with E-state index in [0.717, 1.165) is 6.54 Å². The van der Waals surface area contributed by atoms with Gasteiger partial charge in [0.05, 0.1) is 5.56 Å². The number of rotatable bonds is 8. The Bertz CT molecular complexity index is 551. The van der Waals surface area contributed by atoms with E-state index in [1.807, 2.05) is 20.8 Å². The Morgan fingerprint density at radius 3 is 2.62 bits per heavy atom. The fourth-order valence-electron chi connectivity index (χ4n) is 1.96. The third-order valence-corrected chi connectivity index (χ3v) is 3.03. The zero-order chi connectivity index (χ0) is 18.2. The summed E-state index contributed by atoms with van der Waals surface area (Å²) in [4.78, 5) is 28.1. The number of ether oxygens (including phenoxy) is 1. The summed E-state index contributed by atoms with van der Waals surface area (Å²) in [5, 5.41) is 5.86. The zero-order valence-electron chi connectivity index (χ0n) is 15.3. The Labute approximate surface area is 144 Å². The molecule has 134 valence electrons. The van der Waals surface area contributed by atoms with E-state index in [2.05, 4.69) is 29.5 Å². The summed E-state index contributed by atoms with van der Waals surface area (Å²) in [5.74, 6) is 1.10. The Kier molecular flexibility index (Phi) is 7.68. The molecule has 1 aromatic heterocycles. The second-order valence-electron chi connectivity index (χ2n) is 7.13. The van der Waals surface area contributed by atoms with Gasteiger partial charge in [0.1, 0.15) is 11.4 Å². The van der Waals surface area contributed by atoms with Crippen LogP contribution in [0, 0.1) is 5.92 Å². The van der Waals surface area contributed by atoms with E-state index in [1.54, 1.807) is 18.3 Å². The van der Waals surface area contributed by atoms with Gasteiger partial charge in [-0.25, -0.2) is 9.78 Å². The highest BCUT2D eigenvalue weighted by molar-refractivity contribution is 6.00. The summed E-state index contributed by atoms with van der Waals surface area (Å²) in [6.45, 7) is 10.8. The number of nitrogens with zero attached hydrogens (tertiary/aromatic N) is 1. The first kappa shape index (κ1) is 19.9. The molecule has 1 heterocycles. The fraction of sp³-hybridized carbons (Fsp3) is 0.611. The van der Waals surface area contributed by atoms with E-state index in [0.29, 0.717) is 36.7 Å². The number of ketones is 1. The normalized spacial score (nSPS) is 11.2. The van der Waals surface area contributed by atoms with Crippen molar-refractivity contribution in [2.75, 3.05) is 18.4 Å². The van der Waals surface area contributed by atoms with Gasteiger partial charge in [-0.15, -0.1) is 0 Å². The van der Waals surface area contributed by atoms with Gasteiger partial charge in [0.25, 0.3) is 0 Å². The molecule has 24 heavy (non-hydrogen) atoms. The first-order chi connectivity index (χ1) is 11.2. The molecule has 0 aliphatic heterocycles. The van der Waals surface area contributed by atoms with Crippen LogP contribution in [0.5, 0.6) is 0 Å². The molecule has 0 aliphatic rings. The molecule has 0 saturated heterocycles. The van der Waals surface area contributed by atoms with Crippen molar-refractivity contribution >= 4 is 17.7 Å². The highest BCUT2D eigenvalue weighted by Gasteiger charge is 2.16. The van der Waals surface area contributed by atoms with Gasteiger partial charge in [0, 0.05) is 25.7 Å². The summed E-state index contributed by atoms with van der Waals surface area (Å²) in [5.41, 5.74) is 0.0717. The number of carbonyl (C=O) groups excluding carboxylic acids is 2. The fourth-order valence-corrected chi connectivity index (χ4v) is 1.96. The minimum Gasteiger partial charge on any atom is -0.444 e. The number of amides is 1. The average molecular weight is 335 g/mol. The molecule has 0 fully saturated rings. The standard InChI is InChI=1S/C18H29N3O3/c1-13(2)12-21-16-14(8-6-10-19-16)15(22)9-7-11-20-17(23)24-18(3,4)5/h6,8,10,13H,7,9,11-12H2,1-5H3,(H,19,21)(H,20,23). The van der Waals surface area contributed by atoms with Crippen molar-refractivity contribution in [2.45, 2.75) is 53.1 Å². The van der Waals surface area contributed by atoms with E-state index >= 15 is 0 Å². The lowest BCUT2D eigenvalue weighted by atomic mass is 10.1. The van der Waals surface area contributed by atoms with Crippen molar-refractivity contribution in [3.8, 4) is 0 Å². The number of Topliss-reactive ketones (excluding diaryl/α,β-unsaturated/α-hetero) is 1. The third kappa shape index (κ3) is 7.94. The minimum atomic E-state index is -0.521. The van der Waals surface area contributed by atoms with Gasteiger partial charge >= 0.3 is 6.09 Å². The number of hydrogen-bond donors (Lipinski definition) is 2. The van der Waals surface area contributed by atoms with Crippen LogP contribution in [0.4, 0.5) is 10.6 Å². The predicted molar refractivity (Wildman–Crippen MR) is 95.4 cm³/mol. The Hall–Kier alpha value is -2.11. The molecule has 0 spiro atoms. The lowest BCUT2D eigenvalue weighted by molar-refractivity contribution is 0.0525. The molecule has 0 aromatic carbocycles. The monoisotopic (exact) mass is 335 g/mol. The van der Waals surface area contributed by atoms with Crippen molar-refractivity contribution in [1.82, 2.24) is 10.3 Å². The van der Waals surface area contributed by atoms with Crippen molar-refractivity contribution in [3.63, 3.8) is 0 Å². The third-order valence-electron chi connectivity index (χ3n) is 3.03. The summed E-state index contributed by atoms with van der Waals surface area (Å²) in [6.07, 6.45) is 2.11.